The summed E-state index contributed by atoms with van der Waals surface area (Å²) in [5, 5.41) is 0. The zero-order valence-corrected chi connectivity index (χ0v) is 10.9. The van der Waals surface area contributed by atoms with Crippen LogP contribution in [0.25, 0.3) is 0 Å². The van der Waals surface area contributed by atoms with Crippen molar-refractivity contribution >= 4 is 0 Å². The summed E-state index contributed by atoms with van der Waals surface area (Å²) in [6.07, 6.45) is 5.37. The molecule has 2 heteroatoms. The molecule has 0 radical (unpaired) electrons. The molecule has 2 rings (SSSR count). The van der Waals surface area contributed by atoms with Crippen LogP contribution in [0, 0.1) is 12.8 Å². The molecule has 0 aromatic heterocycles. The molecule has 2 unspecified atom stereocenters. The zero-order chi connectivity index (χ0) is 12.3. The summed E-state index contributed by atoms with van der Waals surface area (Å²) in [4.78, 5) is 0. The number of ether oxygens (including phenoxy) is 1. The van der Waals surface area contributed by atoms with Crippen LogP contribution in [-0.2, 0) is 6.54 Å². The molecular formula is C15H23NO. The summed E-state index contributed by atoms with van der Waals surface area (Å²) in [6.45, 7) is 4.96. The smallest absolute Gasteiger partial charge is 0.124 e. The number of benzene rings is 1. The predicted molar refractivity (Wildman–Crippen MR) is 71.1 cm³/mol. The van der Waals surface area contributed by atoms with E-state index in [1.54, 1.807) is 0 Å². The van der Waals surface area contributed by atoms with Gasteiger partial charge in [-0.05, 0) is 43.7 Å². The van der Waals surface area contributed by atoms with Gasteiger partial charge < -0.3 is 10.5 Å². The molecule has 17 heavy (non-hydrogen) atoms. The molecule has 1 saturated carbocycles. The van der Waals surface area contributed by atoms with Crippen molar-refractivity contribution in [2.75, 3.05) is 0 Å². The van der Waals surface area contributed by atoms with E-state index in [1.165, 1.54) is 31.2 Å². The molecule has 0 bridgehead atoms. The van der Waals surface area contributed by atoms with E-state index in [9.17, 15) is 0 Å². The van der Waals surface area contributed by atoms with Gasteiger partial charge in [-0.2, -0.15) is 0 Å². The maximum atomic E-state index is 6.15. The highest BCUT2D eigenvalue weighted by atomic mass is 16.5. The molecule has 1 aliphatic rings. The third kappa shape index (κ3) is 3.22. The first kappa shape index (κ1) is 12.4. The largest absolute Gasteiger partial charge is 0.490 e. The van der Waals surface area contributed by atoms with Crippen LogP contribution in [0.2, 0.25) is 0 Å². The van der Waals surface area contributed by atoms with Crippen molar-refractivity contribution in [3.05, 3.63) is 29.3 Å². The number of nitrogens with two attached hydrogens (primary N) is 1. The third-order valence-electron chi connectivity index (χ3n) is 3.62. The quantitative estimate of drug-likeness (QED) is 0.868. The number of hydrogen-bond donors (Lipinski definition) is 1. The van der Waals surface area contributed by atoms with Crippen LogP contribution in [0.3, 0.4) is 0 Å². The lowest BCUT2D eigenvalue weighted by Gasteiger charge is -2.28. The SMILES string of the molecule is Cc1ccc(CN)c(OC2CCCC(C)C2)c1. The van der Waals surface area contributed by atoms with Gasteiger partial charge in [0.2, 0.25) is 0 Å². The average molecular weight is 233 g/mol. The summed E-state index contributed by atoms with van der Waals surface area (Å²) >= 11 is 0. The molecule has 1 aromatic rings. The van der Waals surface area contributed by atoms with Gasteiger partial charge >= 0.3 is 0 Å². The van der Waals surface area contributed by atoms with Gasteiger partial charge in [-0.15, -0.1) is 0 Å². The monoisotopic (exact) mass is 233 g/mol. The summed E-state index contributed by atoms with van der Waals surface area (Å²) in [6, 6.07) is 6.29. The second-order valence-electron chi connectivity index (χ2n) is 5.33. The first-order valence-corrected chi connectivity index (χ1v) is 6.65. The Morgan fingerprint density at radius 1 is 1.35 bits per heavy atom. The first-order chi connectivity index (χ1) is 8.19. The maximum Gasteiger partial charge on any atom is 0.124 e. The summed E-state index contributed by atoms with van der Waals surface area (Å²) in [7, 11) is 0. The molecule has 0 spiro atoms. The van der Waals surface area contributed by atoms with Crippen LogP contribution in [0.15, 0.2) is 18.2 Å². The Balaban J connectivity index is 2.08. The minimum absolute atomic E-state index is 0.380. The number of rotatable bonds is 3. The Kier molecular flexibility index (Phi) is 4.06. The summed E-state index contributed by atoms with van der Waals surface area (Å²) < 4.78 is 6.15. The van der Waals surface area contributed by atoms with Crippen molar-refractivity contribution < 1.29 is 4.74 Å². The number of aryl methyl sites for hydroxylation is 1. The molecule has 0 amide bonds. The van der Waals surface area contributed by atoms with Crippen LogP contribution in [0.1, 0.15) is 43.7 Å². The molecule has 1 aromatic carbocycles. The zero-order valence-electron chi connectivity index (χ0n) is 10.9. The van der Waals surface area contributed by atoms with Crippen LogP contribution in [-0.4, -0.2) is 6.10 Å². The van der Waals surface area contributed by atoms with Gasteiger partial charge in [0.15, 0.2) is 0 Å². The Hall–Kier alpha value is -1.02. The van der Waals surface area contributed by atoms with E-state index in [-0.39, 0.29) is 0 Å². The molecule has 94 valence electrons. The van der Waals surface area contributed by atoms with Crippen LogP contribution >= 0.6 is 0 Å². The summed E-state index contributed by atoms with van der Waals surface area (Å²) in [5.41, 5.74) is 8.11. The van der Waals surface area contributed by atoms with Crippen molar-refractivity contribution in [1.29, 1.82) is 0 Å². The highest BCUT2D eigenvalue weighted by Crippen LogP contribution is 2.29. The van der Waals surface area contributed by atoms with Gasteiger partial charge in [0.05, 0.1) is 6.10 Å². The molecule has 1 aliphatic carbocycles. The minimum Gasteiger partial charge on any atom is -0.490 e. The van der Waals surface area contributed by atoms with Gasteiger partial charge in [-0.25, -0.2) is 0 Å². The second kappa shape index (κ2) is 5.54. The van der Waals surface area contributed by atoms with E-state index in [0.717, 1.165) is 17.2 Å². The second-order valence-corrected chi connectivity index (χ2v) is 5.33. The molecule has 0 aliphatic heterocycles. The fraction of sp³-hybridized carbons (Fsp3) is 0.600. The molecule has 2 atom stereocenters. The van der Waals surface area contributed by atoms with Crippen LogP contribution < -0.4 is 10.5 Å². The van der Waals surface area contributed by atoms with Gasteiger partial charge in [-0.1, -0.05) is 25.5 Å². The van der Waals surface area contributed by atoms with Gasteiger partial charge in [-0.3, -0.25) is 0 Å². The highest BCUT2D eigenvalue weighted by molar-refractivity contribution is 5.37. The highest BCUT2D eigenvalue weighted by Gasteiger charge is 2.20. The number of hydrogen-bond acceptors (Lipinski definition) is 2. The molecule has 2 N–H and O–H groups in total. The standard InChI is InChI=1S/C15H23NO/c1-11-4-3-5-14(8-11)17-15-9-12(2)6-7-13(15)10-16/h6-7,9,11,14H,3-5,8,10,16H2,1-2H3. The fourth-order valence-electron chi connectivity index (χ4n) is 2.61. The van der Waals surface area contributed by atoms with Gasteiger partial charge in [0.25, 0.3) is 0 Å². The van der Waals surface area contributed by atoms with Crippen molar-refractivity contribution in [2.24, 2.45) is 11.7 Å². The lowest BCUT2D eigenvalue weighted by Crippen LogP contribution is -2.24. The lowest BCUT2D eigenvalue weighted by atomic mass is 9.88. The van der Waals surface area contributed by atoms with E-state index < -0.39 is 0 Å². The molecule has 0 saturated heterocycles. The first-order valence-electron chi connectivity index (χ1n) is 6.65. The van der Waals surface area contributed by atoms with E-state index in [1.807, 2.05) is 0 Å². The normalized spacial score (nSPS) is 24.6. The Morgan fingerprint density at radius 2 is 2.18 bits per heavy atom. The Bertz CT molecular complexity index is 375. The Morgan fingerprint density at radius 3 is 2.88 bits per heavy atom. The molecular weight excluding hydrogens is 210 g/mol. The fourth-order valence-corrected chi connectivity index (χ4v) is 2.61. The van der Waals surface area contributed by atoms with Crippen molar-refractivity contribution in [3.63, 3.8) is 0 Å². The maximum absolute atomic E-state index is 6.15. The van der Waals surface area contributed by atoms with Crippen molar-refractivity contribution in [1.82, 2.24) is 0 Å². The topological polar surface area (TPSA) is 35.2 Å². The van der Waals surface area contributed by atoms with Gasteiger partial charge in [0, 0.05) is 12.1 Å². The molecule has 1 fully saturated rings. The lowest BCUT2D eigenvalue weighted by molar-refractivity contribution is 0.128. The molecule has 2 nitrogen and oxygen atoms in total. The van der Waals surface area contributed by atoms with E-state index >= 15 is 0 Å². The Labute approximate surface area is 104 Å². The predicted octanol–water partition coefficient (Wildman–Crippen LogP) is 3.41. The van der Waals surface area contributed by atoms with Gasteiger partial charge in [0.1, 0.15) is 5.75 Å². The van der Waals surface area contributed by atoms with Crippen molar-refractivity contribution in [3.8, 4) is 5.75 Å². The van der Waals surface area contributed by atoms with E-state index in [4.69, 9.17) is 10.5 Å². The third-order valence-corrected chi connectivity index (χ3v) is 3.62. The molecule has 0 heterocycles. The van der Waals surface area contributed by atoms with Crippen LogP contribution in [0.5, 0.6) is 5.75 Å². The minimum atomic E-state index is 0.380. The van der Waals surface area contributed by atoms with E-state index in [0.29, 0.717) is 12.6 Å². The van der Waals surface area contributed by atoms with Crippen molar-refractivity contribution in [2.45, 2.75) is 52.2 Å². The summed E-state index contributed by atoms with van der Waals surface area (Å²) in [5.74, 6) is 1.78. The average Bonchev–Trinajstić information content (AvgIpc) is 2.29. The van der Waals surface area contributed by atoms with Crippen LogP contribution in [0.4, 0.5) is 0 Å². The van der Waals surface area contributed by atoms with E-state index in [2.05, 4.69) is 32.0 Å².